The molecule has 1 atom stereocenters. The minimum absolute atomic E-state index is 0.261. The lowest BCUT2D eigenvalue weighted by Crippen LogP contribution is -2.49. The number of aryl methyl sites for hydroxylation is 1. The third kappa shape index (κ3) is 4.99. The number of carbonyl (C=O) groups excluding carboxylic acids is 1. The summed E-state index contributed by atoms with van der Waals surface area (Å²) in [4.78, 5) is 12.2. The van der Waals surface area contributed by atoms with Crippen molar-refractivity contribution in [1.29, 1.82) is 0 Å². The molecule has 122 valence electrons. The maximum atomic E-state index is 12.9. The molecule has 0 aliphatic heterocycles. The number of hydrogen-bond donors (Lipinski definition) is 2. The number of rotatable bonds is 4. The van der Waals surface area contributed by atoms with Crippen molar-refractivity contribution in [2.45, 2.75) is 16.9 Å². The van der Waals surface area contributed by atoms with Gasteiger partial charge in [0.05, 0.1) is 0 Å². The van der Waals surface area contributed by atoms with Crippen molar-refractivity contribution in [1.82, 2.24) is 5.32 Å². The number of anilines is 1. The minimum Gasteiger partial charge on any atom is -0.362 e. The Labute approximate surface area is 148 Å². The lowest BCUT2D eigenvalue weighted by atomic mass is 10.2. The molecule has 3 nitrogen and oxygen atoms in total. The maximum absolute atomic E-state index is 12.9. The van der Waals surface area contributed by atoms with Crippen LogP contribution < -0.4 is 10.6 Å². The number of halogens is 4. The van der Waals surface area contributed by atoms with Crippen LogP contribution in [0.2, 0.25) is 0 Å². The molecular formula is C16H14Cl3FN2O. The van der Waals surface area contributed by atoms with E-state index >= 15 is 0 Å². The molecule has 0 spiro atoms. The second-order valence-corrected chi connectivity index (χ2v) is 7.28. The zero-order chi connectivity index (χ0) is 17.0. The smallest absolute Gasteiger partial charge is 0.252 e. The van der Waals surface area contributed by atoms with Crippen LogP contribution in [0.15, 0.2) is 48.5 Å². The minimum atomic E-state index is -1.78. The second kappa shape index (κ2) is 7.39. The van der Waals surface area contributed by atoms with Crippen LogP contribution in [0.1, 0.15) is 15.9 Å². The van der Waals surface area contributed by atoms with Crippen molar-refractivity contribution in [3.63, 3.8) is 0 Å². The molecule has 0 bridgehead atoms. The number of benzene rings is 2. The van der Waals surface area contributed by atoms with E-state index in [2.05, 4.69) is 10.6 Å². The zero-order valence-corrected chi connectivity index (χ0v) is 14.4. The van der Waals surface area contributed by atoms with E-state index in [4.69, 9.17) is 34.8 Å². The number of alkyl halides is 3. The highest BCUT2D eigenvalue weighted by Gasteiger charge is 2.34. The lowest BCUT2D eigenvalue weighted by molar-refractivity contribution is 0.0942. The third-order valence-electron chi connectivity index (χ3n) is 3.15. The first-order valence-electron chi connectivity index (χ1n) is 6.72. The van der Waals surface area contributed by atoms with Crippen LogP contribution in [0.4, 0.5) is 10.1 Å². The van der Waals surface area contributed by atoms with Gasteiger partial charge >= 0.3 is 0 Å². The first-order valence-corrected chi connectivity index (χ1v) is 7.86. The Bertz CT molecular complexity index is 686. The highest BCUT2D eigenvalue weighted by atomic mass is 35.6. The molecule has 1 amide bonds. The summed E-state index contributed by atoms with van der Waals surface area (Å²) in [5.41, 5.74) is 1.92. The molecule has 0 fully saturated rings. The highest BCUT2D eigenvalue weighted by Crippen LogP contribution is 2.31. The van der Waals surface area contributed by atoms with Crippen molar-refractivity contribution in [3.8, 4) is 0 Å². The van der Waals surface area contributed by atoms with E-state index in [-0.39, 0.29) is 5.56 Å². The molecule has 0 aliphatic rings. The molecule has 7 heteroatoms. The van der Waals surface area contributed by atoms with Gasteiger partial charge in [0.15, 0.2) is 0 Å². The first kappa shape index (κ1) is 17.9. The molecule has 0 radical (unpaired) electrons. The van der Waals surface area contributed by atoms with E-state index in [9.17, 15) is 9.18 Å². The normalized spacial score (nSPS) is 12.6. The van der Waals surface area contributed by atoms with E-state index in [0.717, 1.165) is 11.3 Å². The van der Waals surface area contributed by atoms with Crippen LogP contribution in [0.25, 0.3) is 0 Å². The molecule has 2 rings (SSSR count). The van der Waals surface area contributed by atoms with Crippen LogP contribution in [0.5, 0.6) is 0 Å². The van der Waals surface area contributed by atoms with Crippen LogP contribution in [0, 0.1) is 12.7 Å². The molecule has 2 aromatic carbocycles. The molecule has 2 aromatic rings. The van der Waals surface area contributed by atoms with Gasteiger partial charge in [-0.2, -0.15) is 0 Å². The van der Waals surface area contributed by atoms with E-state index in [0.29, 0.717) is 0 Å². The Morgan fingerprint density at radius 1 is 1.09 bits per heavy atom. The van der Waals surface area contributed by atoms with Gasteiger partial charge in [-0.3, -0.25) is 4.79 Å². The van der Waals surface area contributed by atoms with E-state index in [1.54, 1.807) is 0 Å². The molecule has 2 N–H and O–H groups in total. The van der Waals surface area contributed by atoms with Crippen molar-refractivity contribution in [2.75, 3.05) is 5.32 Å². The maximum Gasteiger partial charge on any atom is 0.252 e. The van der Waals surface area contributed by atoms with Gasteiger partial charge in [-0.05, 0) is 42.8 Å². The molecular weight excluding hydrogens is 362 g/mol. The van der Waals surface area contributed by atoms with Crippen molar-refractivity contribution in [2.24, 2.45) is 0 Å². The van der Waals surface area contributed by atoms with Gasteiger partial charge in [0, 0.05) is 11.3 Å². The number of nitrogens with one attached hydrogen (secondary N) is 2. The molecule has 23 heavy (non-hydrogen) atoms. The van der Waals surface area contributed by atoms with Gasteiger partial charge in [-0.1, -0.05) is 53.0 Å². The quantitative estimate of drug-likeness (QED) is 0.602. The SMILES string of the molecule is Cc1ccccc1N[C@@H](NC(=O)c1ccc(F)cc1)C(Cl)(Cl)Cl. The topological polar surface area (TPSA) is 41.1 Å². The summed E-state index contributed by atoms with van der Waals surface area (Å²) in [5.74, 6) is -0.917. The molecule has 0 saturated heterocycles. The van der Waals surface area contributed by atoms with Gasteiger partial charge < -0.3 is 10.6 Å². The standard InChI is InChI=1S/C16H14Cl3FN2O/c1-10-4-2-3-5-13(10)21-15(16(17,18)19)22-14(23)11-6-8-12(20)9-7-11/h2-9,15,21H,1H3,(H,22,23)/t15-/m0/s1. The second-order valence-electron chi connectivity index (χ2n) is 4.91. The van der Waals surface area contributed by atoms with E-state index in [1.165, 1.54) is 24.3 Å². The Hall–Kier alpha value is -1.49. The number of amides is 1. The van der Waals surface area contributed by atoms with E-state index in [1.807, 2.05) is 31.2 Å². The largest absolute Gasteiger partial charge is 0.362 e. The summed E-state index contributed by atoms with van der Waals surface area (Å²) in [6, 6.07) is 12.5. The zero-order valence-electron chi connectivity index (χ0n) is 12.1. The predicted molar refractivity (Wildman–Crippen MR) is 92.7 cm³/mol. The summed E-state index contributed by atoms with van der Waals surface area (Å²) in [6.45, 7) is 1.89. The summed E-state index contributed by atoms with van der Waals surface area (Å²) < 4.78 is 11.1. The van der Waals surface area contributed by atoms with Gasteiger partial charge in [0.1, 0.15) is 12.0 Å². The highest BCUT2D eigenvalue weighted by molar-refractivity contribution is 6.68. The fraction of sp³-hybridized carbons (Fsp3) is 0.188. The summed E-state index contributed by atoms with van der Waals surface area (Å²) in [6.07, 6.45) is -0.967. The monoisotopic (exact) mass is 374 g/mol. The molecule has 0 aromatic heterocycles. The van der Waals surface area contributed by atoms with Crippen LogP contribution >= 0.6 is 34.8 Å². The summed E-state index contributed by atoms with van der Waals surface area (Å²) in [7, 11) is 0. The first-order chi connectivity index (χ1) is 10.8. The lowest BCUT2D eigenvalue weighted by Gasteiger charge is -2.28. The number of hydrogen-bond acceptors (Lipinski definition) is 2. The number of carbonyl (C=O) groups is 1. The fourth-order valence-electron chi connectivity index (χ4n) is 1.91. The average molecular weight is 376 g/mol. The summed E-state index contributed by atoms with van der Waals surface area (Å²) in [5, 5.41) is 5.60. The fourth-order valence-corrected chi connectivity index (χ4v) is 2.23. The average Bonchev–Trinajstić information content (AvgIpc) is 2.48. The Kier molecular flexibility index (Phi) is 5.74. The van der Waals surface area contributed by atoms with Crippen molar-refractivity contribution < 1.29 is 9.18 Å². The van der Waals surface area contributed by atoms with Crippen molar-refractivity contribution >= 4 is 46.4 Å². The van der Waals surface area contributed by atoms with Crippen LogP contribution in [-0.2, 0) is 0 Å². The van der Waals surface area contributed by atoms with Crippen LogP contribution in [-0.4, -0.2) is 15.9 Å². The Morgan fingerprint density at radius 3 is 2.26 bits per heavy atom. The van der Waals surface area contributed by atoms with Gasteiger partial charge in [0.25, 0.3) is 5.91 Å². The van der Waals surface area contributed by atoms with Gasteiger partial charge in [-0.15, -0.1) is 0 Å². The van der Waals surface area contributed by atoms with Crippen LogP contribution in [0.3, 0.4) is 0 Å². The Morgan fingerprint density at radius 2 is 1.70 bits per heavy atom. The van der Waals surface area contributed by atoms with Crippen molar-refractivity contribution in [3.05, 3.63) is 65.5 Å². The number of para-hydroxylation sites is 1. The third-order valence-corrected chi connectivity index (χ3v) is 3.81. The predicted octanol–water partition coefficient (Wildman–Crippen LogP) is 4.67. The molecule has 0 aliphatic carbocycles. The molecule has 0 saturated carbocycles. The van der Waals surface area contributed by atoms with Gasteiger partial charge in [0.2, 0.25) is 3.79 Å². The Balaban J connectivity index is 2.18. The molecule has 0 heterocycles. The van der Waals surface area contributed by atoms with Gasteiger partial charge in [-0.25, -0.2) is 4.39 Å². The molecule has 0 unspecified atom stereocenters. The summed E-state index contributed by atoms with van der Waals surface area (Å²) >= 11 is 17.9. The van der Waals surface area contributed by atoms with E-state index < -0.39 is 21.7 Å².